The number of carbonyl (C=O) groups is 3. The van der Waals surface area contributed by atoms with Gasteiger partial charge in [-0.05, 0) is 31.9 Å². The predicted octanol–water partition coefficient (Wildman–Crippen LogP) is 1.31. The number of carboxylic acids is 1. The first-order valence-electron chi connectivity index (χ1n) is 8.54. The molecule has 0 aliphatic carbocycles. The van der Waals surface area contributed by atoms with E-state index in [-0.39, 0.29) is 22.7 Å². The molecule has 1 rings (SSSR count). The summed E-state index contributed by atoms with van der Waals surface area (Å²) in [6.07, 6.45) is 1.40. The van der Waals surface area contributed by atoms with Gasteiger partial charge in [0.15, 0.2) is 0 Å². The van der Waals surface area contributed by atoms with Crippen molar-refractivity contribution in [3.05, 3.63) is 41.4 Å². The molecule has 0 saturated heterocycles. The third-order valence-corrected chi connectivity index (χ3v) is 3.80. The molecule has 148 valence electrons. The average molecular weight is 394 g/mol. The van der Waals surface area contributed by atoms with Crippen LogP contribution in [0.25, 0.3) is 0 Å². The number of nitrogens with zero attached hydrogens (tertiary/aromatic N) is 1. The van der Waals surface area contributed by atoms with Gasteiger partial charge in [-0.15, -0.1) is 0 Å². The predicted molar refractivity (Wildman–Crippen MR) is 105 cm³/mol. The maximum atomic E-state index is 12.4. The van der Waals surface area contributed by atoms with E-state index in [0.29, 0.717) is 12.2 Å². The van der Waals surface area contributed by atoms with E-state index in [0.717, 1.165) is 0 Å². The van der Waals surface area contributed by atoms with Crippen molar-refractivity contribution < 1.29 is 19.5 Å². The summed E-state index contributed by atoms with van der Waals surface area (Å²) >= 11 is 4.22. The lowest BCUT2D eigenvalue weighted by Gasteiger charge is -2.19. The molecule has 0 fully saturated rings. The summed E-state index contributed by atoms with van der Waals surface area (Å²) in [5.74, 6) is -2.68. The number of aliphatic carboxylic acids is 1. The van der Waals surface area contributed by atoms with Crippen LogP contribution in [0.4, 0.5) is 0 Å². The van der Waals surface area contributed by atoms with Gasteiger partial charge in [-0.2, -0.15) is 12.6 Å². The van der Waals surface area contributed by atoms with Crippen molar-refractivity contribution in [1.82, 2.24) is 20.9 Å². The largest absolute Gasteiger partial charge is 0.480 e. The first-order chi connectivity index (χ1) is 12.6. The molecule has 0 saturated carbocycles. The highest BCUT2D eigenvalue weighted by molar-refractivity contribution is 7.80. The van der Waals surface area contributed by atoms with E-state index >= 15 is 0 Å². The third kappa shape index (κ3) is 7.40. The van der Waals surface area contributed by atoms with Gasteiger partial charge in [0.1, 0.15) is 17.4 Å². The van der Waals surface area contributed by atoms with E-state index < -0.39 is 23.8 Å². The normalized spacial score (nSPS) is 13.8. The molecule has 9 heteroatoms. The van der Waals surface area contributed by atoms with Crippen LogP contribution in [0.15, 0.2) is 30.0 Å². The zero-order chi connectivity index (χ0) is 20.6. The van der Waals surface area contributed by atoms with Crippen LogP contribution in [0, 0.1) is 5.92 Å². The molecule has 1 aromatic rings. The van der Waals surface area contributed by atoms with Crippen molar-refractivity contribution in [1.29, 1.82) is 0 Å². The molecule has 1 unspecified atom stereocenters. The molecule has 1 heterocycles. The molecule has 0 radical (unpaired) electrons. The maximum absolute atomic E-state index is 12.4. The number of thiol groups is 1. The molecule has 0 aliphatic rings. The van der Waals surface area contributed by atoms with Crippen molar-refractivity contribution in [2.45, 2.75) is 45.7 Å². The smallest absolute Gasteiger partial charge is 0.326 e. The molecule has 8 nitrogen and oxygen atoms in total. The average Bonchev–Trinajstić information content (AvgIpc) is 2.61. The minimum absolute atomic E-state index is 0.0225. The van der Waals surface area contributed by atoms with E-state index in [4.69, 9.17) is 0 Å². The molecule has 2 amide bonds. The lowest BCUT2D eigenvalue weighted by molar-refractivity contribution is -0.142. The highest BCUT2D eigenvalue weighted by atomic mass is 32.1. The van der Waals surface area contributed by atoms with Crippen LogP contribution < -0.4 is 16.0 Å². The third-order valence-electron chi connectivity index (χ3n) is 3.62. The summed E-state index contributed by atoms with van der Waals surface area (Å²) in [6, 6.07) is 3.93. The highest BCUT2D eigenvalue weighted by Crippen LogP contribution is 2.05. The Morgan fingerprint density at radius 2 is 1.93 bits per heavy atom. The fraction of sp³-hybridized carbons (Fsp3) is 0.444. The van der Waals surface area contributed by atoms with E-state index in [9.17, 15) is 19.5 Å². The highest BCUT2D eigenvalue weighted by Gasteiger charge is 2.25. The van der Waals surface area contributed by atoms with Crippen LogP contribution in [-0.4, -0.2) is 39.3 Å². The number of carbonyl (C=O) groups excluding carboxylic acids is 2. The quantitative estimate of drug-likeness (QED) is 0.245. The number of nitrogens with one attached hydrogen (secondary N) is 3. The Hall–Kier alpha value is -2.39. The van der Waals surface area contributed by atoms with Crippen LogP contribution in [-0.2, 0) is 16.1 Å². The molecular formula is C18H26N4O4S. The Morgan fingerprint density at radius 1 is 1.26 bits per heavy atom. The van der Waals surface area contributed by atoms with Crippen molar-refractivity contribution in [3.63, 3.8) is 0 Å². The Balaban J connectivity index is 2.82. The fourth-order valence-corrected chi connectivity index (χ4v) is 2.23. The second kappa shape index (κ2) is 10.7. The standard InChI is InChI=1S/C18H26N4O4S/c1-5-13(16(23)22-15(10(2)3)18(25)26)21-17(24)14-8-6-7-12(20-14)9-19-11(4)27/h5-8,10-11,15,19,27H,9H2,1-4H3,(H,21,24)(H,22,23)(H,25,26)/b13-5-/t11?,15-/m0/s1. The molecule has 0 aliphatic heterocycles. The van der Waals surface area contributed by atoms with Crippen molar-refractivity contribution in [2.24, 2.45) is 5.92 Å². The number of hydrogen-bond donors (Lipinski definition) is 5. The Morgan fingerprint density at radius 3 is 2.44 bits per heavy atom. The summed E-state index contributed by atoms with van der Waals surface area (Å²) in [5.41, 5.74) is 0.758. The molecule has 4 N–H and O–H groups in total. The molecule has 2 atom stereocenters. The van der Waals surface area contributed by atoms with Gasteiger partial charge in [0.25, 0.3) is 11.8 Å². The van der Waals surface area contributed by atoms with E-state index in [1.807, 2.05) is 6.92 Å². The second-order valence-electron chi connectivity index (χ2n) is 6.26. The minimum atomic E-state index is -1.14. The van der Waals surface area contributed by atoms with Crippen LogP contribution in [0.2, 0.25) is 0 Å². The minimum Gasteiger partial charge on any atom is -0.480 e. The number of hydrogen-bond acceptors (Lipinski definition) is 6. The number of pyridine rings is 1. The topological polar surface area (TPSA) is 120 Å². The first-order valence-corrected chi connectivity index (χ1v) is 9.06. The molecule has 0 spiro atoms. The lowest BCUT2D eigenvalue weighted by atomic mass is 10.0. The Kier molecular flexibility index (Phi) is 8.96. The van der Waals surface area contributed by atoms with Crippen LogP contribution in [0.5, 0.6) is 0 Å². The number of amides is 2. The maximum Gasteiger partial charge on any atom is 0.326 e. The van der Waals surface area contributed by atoms with Crippen molar-refractivity contribution in [3.8, 4) is 0 Å². The van der Waals surface area contributed by atoms with Crippen LogP contribution >= 0.6 is 12.6 Å². The summed E-state index contributed by atoms with van der Waals surface area (Å²) in [5, 5.41) is 17.1. The summed E-state index contributed by atoms with van der Waals surface area (Å²) in [6.45, 7) is 7.25. The number of aromatic nitrogens is 1. The Labute approximate surface area is 164 Å². The monoisotopic (exact) mass is 394 g/mol. The number of rotatable bonds is 9. The Bertz CT molecular complexity index is 719. The van der Waals surface area contributed by atoms with Crippen LogP contribution in [0.1, 0.15) is 43.9 Å². The molecule has 0 aromatic carbocycles. The zero-order valence-corrected chi connectivity index (χ0v) is 16.7. The van der Waals surface area contributed by atoms with Gasteiger partial charge >= 0.3 is 5.97 Å². The molecular weight excluding hydrogens is 368 g/mol. The summed E-state index contributed by atoms with van der Waals surface area (Å²) in [4.78, 5) is 40.2. The first kappa shape index (κ1) is 22.7. The van der Waals surface area contributed by atoms with Gasteiger partial charge in [0, 0.05) is 11.9 Å². The zero-order valence-electron chi connectivity index (χ0n) is 15.8. The van der Waals surface area contributed by atoms with Gasteiger partial charge in [-0.25, -0.2) is 9.78 Å². The molecule has 1 aromatic heterocycles. The van der Waals surface area contributed by atoms with Gasteiger partial charge in [-0.1, -0.05) is 26.0 Å². The lowest BCUT2D eigenvalue weighted by Crippen LogP contribution is -2.47. The fourth-order valence-electron chi connectivity index (χ4n) is 2.14. The molecule has 27 heavy (non-hydrogen) atoms. The summed E-state index contributed by atoms with van der Waals surface area (Å²) < 4.78 is 0. The van der Waals surface area contributed by atoms with Crippen molar-refractivity contribution in [2.75, 3.05) is 0 Å². The van der Waals surface area contributed by atoms with Gasteiger partial charge in [0.2, 0.25) is 0 Å². The van der Waals surface area contributed by atoms with E-state index in [2.05, 4.69) is 33.6 Å². The van der Waals surface area contributed by atoms with Gasteiger partial charge in [0.05, 0.1) is 5.69 Å². The van der Waals surface area contributed by atoms with Crippen molar-refractivity contribution >= 4 is 30.4 Å². The van der Waals surface area contributed by atoms with Gasteiger partial charge in [-0.3, -0.25) is 9.59 Å². The SMILES string of the molecule is C/C=C(\NC(=O)c1cccc(CNC(C)S)n1)C(=O)N[C@H](C(=O)O)C(C)C. The van der Waals surface area contributed by atoms with Gasteiger partial charge < -0.3 is 21.1 Å². The van der Waals surface area contributed by atoms with Crippen LogP contribution in [0.3, 0.4) is 0 Å². The summed E-state index contributed by atoms with van der Waals surface area (Å²) in [7, 11) is 0. The molecule has 0 bridgehead atoms. The van der Waals surface area contributed by atoms with E-state index in [1.165, 1.54) is 12.1 Å². The van der Waals surface area contributed by atoms with E-state index in [1.54, 1.807) is 32.9 Å². The number of carboxylic acid groups (broad SMARTS) is 1. The second-order valence-corrected chi connectivity index (χ2v) is 7.04. The number of allylic oxidation sites excluding steroid dienone is 1.